The number of halogens is 3. The van der Waals surface area contributed by atoms with Gasteiger partial charge in [-0.25, -0.2) is 14.6 Å². The van der Waals surface area contributed by atoms with Gasteiger partial charge < -0.3 is 10.0 Å². The summed E-state index contributed by atoms with van der Waals surface area (Å²) in [5.41, 5.74) is -1.79. The summed E-state index contributed by atoms with van der Waals surface area (Å²) in [7, 11) is 0. The molecule has 0 bridgehead atoms. The summed E-state index contributed by atoms with van der Waals surface area (Å²) in [6.07, 6.45) is 0.873. The quantitative estimate of drug-likeness (QED) is 0.876. The fourth-order valence-electron chi connectivity index (χ4n) is 3.14. The molecular weight excluding hydrogens is 363 g/mol. The average molecular weight is 383 g/mol. The zero-order valence-electron chi connectivity index (χ0n) is 14.9. The van der Waals surface area contributed by atoms with E-state index in [2.05, 4.69) is 15.1 Å². The largest absolute Gasteiger partial charge is 0.426 e. The summed E-state index contributed by atoms with van der Waals surface area (Å²) >= 11 is 0. The third-order valence-corrected chi connectivity index (χ3v) is 4.85. The maximum atomic E-state index is 12.9. The minimum absolute atomic E-state index is 0.0219. The van der Waals surface area contributed by atoms with Crippen LogP contribution in [0.15, 0.2) is 24.7 Å². The van der Waals surface area contributed by atoms with Crippen LogP contribution in [-0.4, -0.2) is 60.5 Å². The molecule has 0 saturated carbocycles. The molecule has 1 N–H and O–H groups in total. The molecule has 1 atom stereocenters. The van der Waals surface area contributed by atoms with Crippen LogP contribution in [0.3, 0.4) is 0 Å². The van der Waals surface area contributed by atoms with Gasteiger partial charge in [0.1, 0.15) is 11.5 Å². The van der Waals surface area contributed by atoms with Crippen LogP contribution in [0, 0.1) is 6.92 Å². The number of alkyl halides is 3. The predicted octanol–water partition coefficient (Wildman–Crippen LogP) is 1.99. The maximum Gasteiger partial charge on any atom is 0.426 e. The Morgan fingerprint density at radius 1 is 1.22 bits per heavy atom. The molecule has 146 valence electrons. The Morgan fingerprint density at radius 2 is 1.81 bits per heavy atom. The van der Waals surface area contributed by atoms with Gasteiger partial charge in [-0.3, -0.25) is 4.79 Å². The molecular formula is C17H20F3N5O2. The van der Waals surface area contributed by atoms with Crippen molar-refractivity contribution in [3.8, 4) is 5.69 Å². The second-order valence-electron chi connectivity index (χ2n) is 6.79. The van der Waals surface area contributed by atoms with Crippen molar-refractivity contribution in [3.63, 3.8) is 0 Å². The molecule has 2 aromatic rings. The molecule has 10 heteroatoms. The number of amides is 1. The summed E-state index contributed by atoms with van der Waals surface area (Å²) in [6.45, 7) is 2.53. The highest BCUT2D eigenvalue weighted by molar-refractivity contribution is 5.85. The molecule has 3 rings (SSSR count). The summed E-state index contributed by atoms with van der Waals surface area (Å²) in [6, 6.07) is 1.84. The Hall–Kier alpha value is -2.49. The molecule has 0 spiro atoms. The molecule has 0 radical (unpaired) electrons. The number of hydrogen-bond acceptors (Lipinski definition) is 5. The number of nitrogens with zero attached hydrogens (tertiary/aromatic N) is 5. The van der Waals surface area contributed by atoms with Gasteiger partial charge in [0, 0.05) is 30.9 Å². The molecule has 0 aliphatic carbocycles. The third-order valence-electron chi connectivity index (χ3n) is 4.85. The monoisotopic (exact) mass is 383 g/mol. The van der Waals surface area contributed by atoms with Crippen LogP contribution in [0.5, 0.6) is 0 Å². The molecule has 0 aromatic carbocycles. The molecule has 2 aromatic heterocycles. The van der Waals surface area contributed by atoms with Crippen molar-refractivity contribution >= 4 is 5.91 Å². The van der Waals surface area contributed by atoms with Gasteiger partial charge >= 0.3 is 6.18 Å². The number of piperidine rings is 1. The Bertz CT molecular complexity index is 809. The van der Waals surface area contributed by atoms with Crippen LogP contribution in [-0.2, 0) is 4.79 Å². The number of rotatable bonds is 3. The van der Waals surface area contributed by atoms with Crippen LogP contribution in [0.2, 0.25) is 0 Å². The fourth-order valence-corrected chi connectivity index (χ4v) is 3.14. The highest BCUT2D eigenvalue weighted by Crippen LogP contribution is 2.34. The van der Waals surface area contributed by atoms with Crippen molar-refractivity contribution in [2.75, 3.05) is 13.1 Å². The summed E-state index contributed by atoms with van der Waals surface area (Å²) in [4.78, 5) is 21.5. The van der Waals surface area contributed by atoms with E-state index < -0.39 is 17.7 Å². The molecule has 1 saturated heterocycles. The van der Waals surface area contributed by atoms with Gasteiger partial charge in [-0.15, -0.1) is 0 Å². The van der Waals surface area contributed by atoms with Gasteiger partial charge in [-0.1, -0.05) is 0 Å². The smallest absolute Gasteiger partial charge is 0.373 e. The fraction of sp³-hybridized carbons (Fsp3) is 0.529. The van der Waals surface area contributed by atoms with E-state index in [1.54, 1.807) is 30.2 Å². The number of aliphatic hydroxyl groups is 1. The topological polar surface area (TPSA) is 84.1 Å². The summed E-state index contributed by atoms with van der Waals surface area (Å²) < 4.78 is 40.4. The number of carbonyl (C=O) groups is 1. The Balaban J connectivity index is 1.71. The van der Waals surface area contributed by atoms with E-state index in [0.29, 0.717) is 31.3 Å². The van der Waals surface area contributed by atoms with Gasteiger partial charge in [0.15, 0.2) is 0 Å². The maximum absolute atomic E-state index is 12.9. The highest BCUT2D eigenvalue weighted by Gasteiger charge is 2.57. The van der Waals surface area contributed by atoms with Crippen molar-refractivity contribution in [3.05, 3.63) is 36.2 Å². The van der Waals surface area contributed by atoms with E-state index in [1.807, 2.05) is 6.07 Å². The van der Waals surface area contributed by atoms with Crippen molar-refractivity contribution in [2.24, 2.45) is 0 Å². The first-order valence-electron chi connectivity index (χ1n) is 8.52. The Morgan fingerprint density at radius 3 is 2.37 bits per heavy atom. The van der Waals surface area contributed by atoms with E-state index in [4.69, 9.17) is 0 Å². The van der Waals surface area contributed by atoms with E-state index in [-0.39, 0.29) is 19.0 Å². The Labute approximate surface area is 153 Å². The van der Waals surface area contributed by atoms with Gasteiger partial charge in [0.25, 0.3) is 5.91 Å². The van der Waals surface area contributed by atoms with Crippen molar-refractivity contribution < 1.29 is 23.1 Å². The number of hydrogen-bond donors (Lipinski definition) is 1. The minimum Gasteiger partial charge on any atom is -0.373 e. The first-order valence-corrected chi connectivity index (χ1v) is 8.52. The van der Waals surface area contributed by atoms with Gasteiger partial charge in [0.2, 0.25) is 5.60 Å². The molecule has 1 aliphatic rings. The van der Waals surface area contributed by atoms with Gasteiger partial charge in [-0.2, -0.15) is 18.3 Å². The lowest BCUT2D eigenvalue weighted by molar-refractivity contribution is -0.250. The molecule has 27 heavy (non-hydrogen) atoms. The Kier molecular flexibility index (Phi) is 4.94. The first kappa shape index (κ1) is 19.3. The molecule has 3 heterocycles. The van der Waals surface area contributed by atoms with E-state index in [9.17, 15) is 23.1 Å². The van der Waals surface area contributed by atoms with Gasteiger partial charge in [-0.05, 0) is 32.8 Å². The van der Waals surface area contributed by atoms with E-state index >= 15 is 0 Å². The summed E-state index contributed by atoms with van der Waals surface area (Å²) in [5, 5.41) is 13.9. The molecule has 0 unspecified atom stereocenters. The van der Waals surface area contributed by atoms with Crippen molar-refractivity contribution in [1.29, 1.82) is 0 Å². The highest BCUT2D eigenvalue weighted by atomic mass is 19.4. The normalized spacial score (nSPS) is 18.4. The molecule has 1 aliphatic heterocycles. The second kappa shape index (κ2) is 6.91. The van der Waals surface area contributed by atoms with Crippen molar-refractivity contribution in [2.45, 2.75) is 44.4 Å². The van der Waals surface area contributed by atoms with E-state index in [1.165, 1.54) is 0 Å². The number of aryl methyl sites for hydroxylation is 1. The predicted molar refractivity (Wildman–Crippen MR) is 89.1 cm³/mol. The lowest BCUT2D eigenvalue weighted by Gasteiger charge is -2.36. The minimum atomic E-state index is -5.01. The standard InChI is InChI=1S/C17H20F3N5O2/c1-11-21-9-13(10-22-11)25-14(3-6-23-25)12-4-7-24(8-5-12)15(26)16(2,27)17(18,19)20/h3,6,9-10,12,27H,4-5,7-8H2,1-2H3/t16-/m1/s1. The van der Waals surface area contributed by atoms with Crippen LogP contribution in [0.25, 0.3) is 5.69 Å². The number of aromatic nitrogens is 4. The number of likely N-dealkylation sites (tertiary alicyclic amines) is 1. The lowest BCUT2D eigenvalue weighted by Crippen LogP contribution is -2.57. The molecule has 1 fully saturated rings. The van der Waals surface area contributed by atoms with E-state index in [0.717, 1.165) is 10.6 Å². The number of carbonyl (C=O) groups excluding carboxylic acids is 1. The average Bonchev–Trinajstić information content (AvgIpc) is 3.10. The lowest BCUT2D eigenvalue weighted by atomic mass is 9.92. The SMILES string of the molecule is Cc1ncc(-n2nccc2C2CCN(C(=O)[C@@](C)(O)C(F)(F)F)CC2)cn1. The van der Waals surface area contributed by atoms with Crippen LogP contribution in [0.4, 0.5) is 13.2 Å². The van der Waals surface area contributed by atoms with Crippen molar-refractivity contribution in [1.82, 2.24) is 24.6 Å². The van der Waals surface area contributed by atoms with Crippen LogP contribution < -0.4 is 0 Å². The summed E-state index contributed by atoms with van der Waals surface area (Å²) in [5.74, 6) is -0.654. The zero-order valence-corrected chi connectivity index (χ0v) is 14.9. The third kappa shape index (κ3) is 3.66. The molecule has 7 nitrogen and oxygen atoms in total. The van der Waals surface area contributed by atoms with Gasteiger partial charge in [0.05, 0.1) is 12.4 Å². The van der Waals surface area contributed by atoms with Crippen LogP contribution in [0.1, 0.15) is 37.2 Å². The van der Waals surface area contributed by atoms with Crippen LogP contribution >= 0.6 is 0 Å². The second-order valence-corrected chi connectivity index (χ2v) is 6.79. The molecule has 1 amide bonds. The zero-order chi connectivity index (χ0) is 19.8. The first-order chi connectivity index (χ1) is 12.6.